The van der Waals surface area contributed by atoms with Gasteiger partial charge in [-0.15, -0.1) is 0 Å². The molecule has 0 bridgehead atoms. The number of carboxylic acid groups (broad SMARTS) is 1. The lowest BCUT2D eigenvalue weighted by molar-refractivity contribution is -0.139. The number of halogens is 1. The van der Waals surface area contributed by atoms with E-state index in [1.807, 2.05) is 0 Å². The van der Waals surface area contributed by atoms with E-state index in [4.69, 9.17) is 10.2 Å². The van der Waals surface area contributed by atoms with E-state index in [0.717, 1.165) is 18.3 Å². The minimum Gasteiger partial charge on any atom is -0.480 e. The van der Waals surface area contributed by atoms with E-state index >= 15 is 0 Å². The molecule has 1 unspecified atom stereocenters. The minimum atomic E-state index is -1.26. The van der Waals surface area contributed by atoms with Crippen molar-refractivity contribution in [3.8, 4) is 0 Å². The number of hydrogen-bond donors (Lipinski definition) is 3. The van der Waals surface area contributed by atoms with Crippen molar-refractivity contribution in [2.45, 2.75) is 12.5 Å². The highest BCUT2D eigenvalue weighted by Crippen LogP contribution is 2.00. The summed E-state index contributed by atoms with van der Waals surface area (Å²) < 4.78 is 12.5. The number of nitrogens with one attached hydrogen (secondary N) is 1. The van der Waals surface area contributed by atoms with Crippen molar-refractivity contribution in [3.63, 3.8) is 0 Å². The van der Waals surface area contributed by atoms with Crippen LogP contribution < -0.4 is 5.32 Å². The number of carboxylic acids is 1. The Labute approximate surface area is 96.1 Å². The van der Waals surface area contributed by atoms with Crippen LogP contribution in [0.2, 0.25) is 0 Å². The van der Waals surface area contributed by atoms with Crippen molar-refractivity contribution in [2.75, 3.05) is 6.61 Å². The fraction of sp³-hybridized carbons (Fsp3) is 0.300. The number of rotatable bonds is 5. The van der Waals surface area contributed by atoms with Gasteiger partial charge in [0.05, 0.1) is 6.20 Å². The summed E-state index contributed by atoms with van der Waals surface area (Å²) in [6.07, 6.45) is 0.749. The summed E-state index contributed by atoms with van der Waals surface area (Å²) >= 11 is 0. The highest BCUT2D eigenvalue weighted by atomic mass is 19.1. The number of amides is 1. The van der Waals surface area contributed by atoms with Crippen molar-refractivity contribution >= 4 is 11.9 Å². The van der Waals surface area contributed by atoms with E-state index < -0.39 is 23.7 Å². The molecule has 0 aliphatic rings. The molecule has 0 aliphatic carbocycles. The molecule has 3 N–H and O–H groups in total. The third-order valence-electron chi connectivity index (χ3n) is 1.98. The van der Waals surface area contributed by atoms with Crippen LogP contribution in [0.25, 0.3) is 0 Å². The topological polar surface area (TPSA) is 99.5 Å². The maximum Gasteiger partial charge on any atom is 0.326 e. The normalized spacial score (nSPS) is 11.9. The Morgan fingerprint density at radius 1 is 1.47 bits per heavy atom. The van der Waals surface area contributed by atoms with Gasteiger partial charge in [0.2, 0.25) is 0 Å². The van der Waals surface area contributed by atoms with E-state index in [2.05, 4.69) is 10.3 Å². The number of aromatic nitrogens is 1. The van der Waals surface area contributed by atoms with Crippen LogP contribution in [0.4, 0.5) is 4.39 Å². The summed E-state index contributed by atoms with van der Waals surface area (Å²) in [5, 5.41) is 19.5. The van der Waals surface area contributed by atoms with Gasteiger partial charge in [0.25, 0.3) is 5.91 Å². The Balaban J connectivity index is 2.70. The fourth-order valence-corrected chi connectivity index (χ4v) is 1.13. The molecule has 92 valence electrons. The van der Waals surface area contributed by atoms with Gasteiger partial charge in [0.1, 0.15) is 17.6 Å². The maximum absolute atomic E-state index is 12.5. The van der Waals surface area contributed by atoms with Crippen molar-refractivity contribution in [3.05, 3.63) is 29.8 Å². The highest BCUT2D eigenvalue weighted by molar-refractivity contribution is 5.94. The number of aliphatic hydroxyl groups excluding tert-OH is 1. The van der Waals surface area contributed by atoms with Gasteiger partial charge in [-0.1, -0.05) is 0 Å². The molecule has 1 amide bonds. The van der Waals surface area contributed by atoms with Gasteiger partial charge in [-0.2, -0.15) is 0 Å². The largest absolute Gasteiger partial charge is 0.480 e. The van der Waals surface area contributed by atoms with Gasteiger partial charge in [-0.3, -0.25) is 4.79 Å². The van der Waals surface area contributed by atoms with E-state index in [1.165, 1.54) is 0 Å². The molecule has 0 saturated carbocycles. The van der Waals surface area contributed by atoms with Gasteiger partial charge < -0.3 is 15.5 Å². The molecule has 1 aromatic heterocycles. The molecular weight excluding hydrogens is 231 g/mol. The van der Waals surface area contributed by atoms with Gasteiger partial charge in [0, 0.05) is 13.0 Å². The Hall–Kier alpha value is -2.02. The molecule has 0 saturated heterocycles. The van der Waals surface area contributed by atoms with Crippen molar-refractivity contribution in [1.29, 1.82) is 0 Å². The number of aliphatic hydroxyl groups is 1. The van der Waals surface area contributed by atoms with Gasteiger partial charge in [-0.25, -0.2) is 14.2 Å². The molecule has 17 heavy (non-hydrogen) atoms. The smallest absolute Gasteiger partial charge is 0.326 e. The first kappa shape index (κ1) is 13.0. The van der Waals surface area contributed by atoms with Crippen LogP contribution in [0.3, 0.4) is 0 Å². The number of nitrogens with zero attached hydrogens (tertiary/aromatic N) is 1. The number of aliphatic carboxylic acids is 1. The zero-order valence-electron chi connectivity index (χ0n) is 8.76. The Kier molecular flexibility index (Phi) is 4.53. The molecule has 0 spiro atoms. The summed E-state index contributed by atoms with van der Waals surface area (Å²) in [7, 11) is 0. The van der Waals surface area contributed by atoms with E-state index in [9.17, 15) is 14.0 Å². The lowest BCUT2D eigenvalue weighted by Gasteiger charge is -2.12. The fourth-order valence-electron chi connectivity index (χ4n) is 1.13. The van der Waals surface area contributed by atoms with Crippen molar-refractivity contribution in [1.82, 2.24) is 10.3 Å². The molecular formula is C10H11FN2O4. The molecule has 1 rings (SSSR count). The molecule has 1 heterocycles. The van der Waals surface area contributed by atoms with E-state index in [-0.39, 0.29) is 18.7 Å². The van der Waals surface area contributed by atoms with Crippen LogP contribution >= 0.6 is 0 Å². The predicted molar refractivity (Wildman–Crippen MR) is 54.8 cm³/mol. The Bertz CT molecular complexity index is 407. The molecule has 0 radical (unpaired) electrons. The van der Waals surface area contributed by atoms with Crippen LogP contribution in [-0.2, 0) is 4.79 Å². The molecule has 1 aromatic rings. The predicted octanol–water partition coefficient (Wildman–Crippen LogP) is -0.214. The van der Waals surface area contributed by atoms with Gasteiger partial charge >= 0.3 is 5.97 Å². The Morgan fingerprint density at radius 2 is 2.18 bits per heavy atom. The first-order chi connectivity index (χ1) is 8.04. The van der Waals surface area contributed by atoms with E-state index in [0.29, 0.717) is 0 Å². The second-order valence-corrected chi connectivity index (χ2v) is 3.24. The number of carbonyl (C=O) groups excluding carboxylic acids is 1. The average molecular weight is 242 g/mol. The maximum atomic E-state index is 12.5. The monoisotopic (exact) mass is 242 g/mol. The Morgan fingerprint density at radius 3 is 2.65 bits per heavy atom. The zero-order valence-corrected chi connectivity index (χ0v) is 8.76. The van der Waals surface area contributed by atoms with Gasteiger partial charge in [0.15, 0.2) is 0 Å². The average Bonchev–Trinajstić information content (AvgIpc) is 2.29. The molecule has 7 heteroatoms. The number of pyridine rings is 1. The summed E-state index contributed by atoms with van der Waals surface area (Å²) in [6, 6.07) is 0.992. The summed E-state index contributed by atoms with van der Waals surface area (Å²) in [6.45, 7) is -0.367. The lowest BCUT2D eigenvalue weighted by Crippen LogP contribution is -2.41. The molecule has 0 fully saturated rings. The summed E-state index contributed by atoms with van der Waals surface area (Å²) in [5.74, 6) is -2.58. The SMILES string of the molecule is O=C(NC(CCO)C(=O)O)c1ccc(F)cn1. The van der Waals surface area contributed by atoms with Crippen LogP contribution in [-0.4, -0.2) is 39.7 Å². The molecule has 1 atom stereocenters. The third-order valence-corrected chi connectivity index (χ3v) is 1.98. The van der Waals surface area contributed by atoms with Gasteiger partial charge in [-0.05, 0) is 12.1 Å². The first-order valence-electron chi connectivity index (χ1n) is 4.80. The second-order valence-electron chi connectivity index (χ2n) is 3.24. The number of hydrogen-bond acceptors (Lipinski definition) is 4. The quantitative estimate of drug-likeness (QED) is 0.663. The number of carbonyl (C=O) groups is 2. The lowest BCUT2D eigenvalue weighted by atomic mass is 10.2. The van der Waals surface area contributed by atoms with E-state index in [1.54, 1.807) is 0 Å². The minimum absolute atomic E-state index is 0.0874. The van der Waals surface area contributed by atoms with Crippen LogP contribution in [0.15, 0.2) is 18.3 Å². The van der Waals surface area contributed by atoms with Crippen LogP contribution in [0, 0.1) is 5.82 Å². The highest BCUT2D eigenvalue weighted by Gasteiger charge is 2.20. The third kappa shape index (κ3) is 3.80. The summed E-state index contributed by atoms with van der Waals surface area (Å²) in [5.41, 5.74) is -0.0874. The standard InChI is InChI=1S/C10H11FN2O4/c11-6-1-2-7(12-5-6)9(15)13-8(3-4-14)10(16)17/h1-2,5,8,14H,3-4H2,(H,13,15)(H,16,17). The van der Waals surface area contributed by atoms with Crippen LogP contribution in [0.5, 0.6) is 0 Å². The van der Waals surface area contributed by atoms with Crippen molar-refractivity contribution in [2.24, 2.45) is 0 Å². The summed E-state index contributed by atoms with van der Waals surface area (Å²) in [4.78, 5) is 25.7. The van der Waals surface area contributed by atoms with Crippen LogP contribution in [0.1, 0.15) is 16.9 Å². The zero-order chi connectivity index (χ0) is 12.8. The first-order valence-corrected chi connectivity index (χ1v) is 4.80. The molecule has 6 nitrogen and oxygen atoms in total. The molecule has 0 aliphatic heterocycles. The second kappa shape index (κ2) is 5.90. The molecule has 0 aromatic carbocycles. The van der Waals surface area contributed by atoms with Crippen molar-refractivity contribution < 1.29 is 24.2 Å².